The summed E-state index contributed by atoms with van der Waals surface area (Å²) < 4.78 is 16.2. The third kappa shape index (κ3) is 4.22. The van der Waals surface area contributed by atoms with Gasteiger partial charge in [-0.05, 0) is 42.5 Å². The summed E-state index contributed by atoms with van der Waals surface area (Å²) in [7, 11) is 0. The molecule has 0 saturated carbocycles. The van der Waals surface area contributed by atoms with Gasteiger partial charge in [0.05, 0.1) is 11.4 Å². The largest absolute Gasteiger partial charge is 0.342 e. The van der Waals surface area contributed by atoms with E-state index in [0.717, 1.165) is 33.1 Å². The Balaban J connectivity index is 1.46. The lowest BCUT2D eigenvalue weighted by Crippen LogP contribution is -2.27. The van der Waals surface area contributed by atoms with E-state index in [-0.39, 0.29) is 6.54 Å². The number of fused-ring (bicyclic) bond motifs is 1. The van der Waals surface area contributed by atoms with Gasteiger partial charge in [0, 0.05) is 34.8 Å². The van der Waals surface area contributed by atoms with Gasteiger partial charge in [0.25, 0.3) is 11.1 Å². The Morgan fingerprint density at radius 2 is 1.64 bits per heavy atom. The monoisotopic (exact) mass is 456 g/mol. The number of para-hydroxylation sites is 1. The predicted molar refractivity (Wildman–Crippen MR) is 130 cm³/mol. The minimum Gasteiger partial charge on any atom is -0.342 e. The standard InChI is InChI=1S/C27H21FN2O2S/c1-18-10-12-19(13-11-18)15-29-16-21(22-7-3-5-9-24(22)29)14-25-26(31)30(27(32)33-25)17-20-6-2-4-8-23(20)28/h2-14,16H,15,17H2,1H3/b25-14-. The van der Waals surface area contributed by atoms with Crippen molar-refractivity contribution in [2.45, 2.75) is 20.0 Å². The molecule has 5 rings (SSSR count). The van der Waals surface area contributed by atoms with Gasteiger partial charge in [0.2, 0.25) is 0 Å². The predicted octanol–water partition coefficient (Wildman–Crippen LogP) is 6.37. The zero-order chi connectivity index (χ0) is 22.9. The third-order valence-electron chi connectivity index (χ3n) is 5.74. The Bertz CT molecular complexity index is 1410. The van der Waals surface area contributed by atoms with Crippen LogP contribution in [0.5, 0.6) is 0 Å². The molecule has 1 fully saturated rings. The molecule has 0 unspecified atom stereocenters. The Morgan fingerprint density at radius 1 is 0.909 bits per heavy atom. The Hall–Kier alpha value is -3.64. The zero-order valence-electron chi connectivity index (χ0n) is 18.0. The number of nitrogens with zero attached hydrogens (tertiary/aromatic N) is 2. The summed E-state index contributed by atoms with van der Waals surface area (Å²) in [6.45, 7) is 2.68. The minimum atomic E-state index is -0.431. The van der Waals surface area contributed by atoms with Crippen molar-refractivity contribution in [1.82, 2.24) is 9.47 Å². The fourth-order valence-corrected chi connectivity index (χ4v) is 4.81. The van der Waals surface area contributed by atoms with E-state index in [1.165, 1.54) is 17.2 Å². The molecule has 0 N–H and O–H groups in total. The molecule has 33 heavy (non-hydrogen) atoms. The molecule has 3 aromatic carbocycles. The van der Waals surface area contributed by atoms with Gasteiger partial charge in [-0.25, -0.2) is 4.39 Å². The molecular weight excluding hydrogens is 435 g/mol. The molecule has 1 saturated heterocycles. The first-order chi connectivity index (χ1) is 16.0. The molecule has 0 radical (unpaired) electrons. The van der Waals surface area contributed by atoms with Crippen LogP contribution in [0.15, 0.2) is 83.9 Å². The van der Waals surface area contributed by atoms with Gasteiger partial charge in [0.15, 0.2) is 0 Å². The van der Waals surface area contributed by atoms with Crippen molar-refractivity contribution in [2.24, 2.45) is 0 Å². The molecule has 2 heterocycles. The summed E-state index contributed by atoms with van der Waals surface area (Å²) in [6, 6.07) is 22.6. The second-order valence-electron chi connectivity index (χ2n) is 8.07. The van der Waals surface area contributed by atoms with Crippen LogP contribution >= 0.6 is 11.8 Å². The Labute approximate surface area is 195 Å². The van der Waals surface area contributed by atoms with Crippen molar-refractivity contribution >= 4 is 39.9 Å². The van der Waals surface area contributed by atoms with Crippen LogP contribution in [0.1, 0.15) is 22.3 Å². The van der Waals surface area contributed by atoms with E-state index < -0.39 is 17.0 Å². The molecule has 6 heteroatoms. The molecule has 1 aliphatic heterocycles. The van der Waals surface area contributed by atoms with Gasteiger partial charge in [-0.3, -0.25) is 14.5 Å². The number of aryl methyl sites for hydroxylation is 1. The average Bonchev–Trinajstić information content (AvgIpc) is 3.29. The van der Waals surface area contributed by atoms with Gasteiger partial charge in [-0.1, -0.05) is 66.2 Å². The van der Waals surface area contributed by atoms with E-state index in [1.54, 1.807) is 24.3 Å². The van der Waals surface area contributed by atoms with Gasteiger partial charge in [-0.15, -0.1) is 0 Å². The number of halogens is 1. The number of carbonyl (C=O) groups excluding carboxylic acids is 2. The van der Waals surface area contributed by atoms with Crippen molar-refractivity contribution < 1.29 is 14.0 Å². The van der Waals surface area contributed by atoms with Crippen LogP contribution in [0, 0.1) is 12.7 Å². The molecule has 0 bridgehead atoms. The first-order valence-corrected chi connectivity index (χ1v) is 11.4. The van der Waals surface area contributed by atoms with Crippen molar-refractivity contribution in [3.05, 3.63) is 112 Å². The van der Waals surface area contributed by atoms with Crippen LogP contribution in [0.3, 0.4) is 0 Å². The number of carbonyl (C=O) groups is 2. The molecule has 0 aliphatic carbocycles. The second kappa shape index (κ2) is 8.71. The second-order valence-corrected chi connectivity index (χ2v) is 9.07. The first kappa shape index (κ1) is 21.2. The van der Waals surface area contributed by atoms with E-state index in [2.05, 4.69) is 35.8 Å². The molecule has 2 amide bonds. The number of amides is 2. The quantitative estimate of drug-likeness (QED) is 0.328. The van der Waals surface area contributed by atoms with Crippen LogP contribution in [0.4, 0.5) is 9.18 Å². The van der Waals surface area contributed by atoms with Crippen molar-refractivity contribution in [1.29, 1.82) is 0 Å². The lowest BCUT2D eigenvalue weighted by molar-refractivity contribution is -0.123. The number of hydrogen-bond donors (Lipinski definition) is 0. The maximum Gasteiger partial charge on any atom is 0.293 e. The molecule has 1 aromatic heterocycles. The van der Waals surface area contributed by atoms with Gasteiger partial charge in [0.1, 0.15) is 5.82 Å². The normalized spacial score (nSPS) is 15.2. The smallest absolute Gasteiger partial charge is 0.293 e. The lowest BCUT2D eigenvalue weighted by Gasteiger charge is -2.12. The van der Waals surface area contributed by atoms with Gasteiger partial charge in [-0.2, -0.15) is 0 Å². The number of imide groups is 1. The van der Waals surface area contributed by atoms with Crippen LogP contribution in [0.2, 0.25) is 0 Å². The highest BCUT2D eigenvalue weighted by molar-refractivity contribution is 8.18. The van der Waals surface area contributed by atoms with E-state index in [0.29, 0.717) is 17.0 Å². The zero-order valence-corrected chi connectivity index (χ0v) is 18.8. The summed E-state index contributed by atoms with van der Waals surface area (Å²) in [5.74, 6) is -0.830. The van der Waals surface area contributed by atoms with E-state index in [1.807, 2.05) is 30.5 Å². The third-order valence-corrected chi connectivity index (χ3v) is 6.65. The number of benzene rings is 3. The van der Waals surface area contributed by atoms with Crippen molar-refractivity contribution in [2.75, 3.05) is 0 Å². The van der Waals surface area contributed by atoms with Crippen LogP contribution in [-0.2, 0) is 17.9 Å². The average molecular weight is 457 g/mol. The summed E-state index contributed by atoms with van der Waals surface area (Å²) >= 11 is 0.892. The highest BCUT2D eigenvalue weighted by Crippen LogP contribution is 2.35. The fourth-order valence-electron chi connectivity index (χ4n) is 3.99. The SMILES string of the molecule is Cc1ccc(Cn2cc(/C=C3\SC(=O)N(Cc4ccccc4F)C3=O)c3ccccc32)cc1. The van der Waals surface area contributed by atoms with E-state index in [4.69, 9.17) is 0 Å². The van der Waals surface area contributed by atoms with Crippen molar-refractivity contribution in [3.8, 4) is 0 Å². The van der Waals surface area contributed by atoms with Gasteiger partial charge < -0.3 is 4.57 Å². The number of aromatic nitrogens is 1. The van der Waals surface area contributed by atoms with Crippen LogP contribution in [-0.4, -0.2) is 20.6 Å². The minimum absolute atomic E-state index is 0.0795. The maximum absolute atomic E-state index is 14.0. The molecule has 164 valence electrons. The summed E-state index contributed by atoms with van der Waals surface area (Å²) in [5, 5.41) is 0.614. The Morgan fingerprint density at radius 3 is 2.42 bits per heavy atom. The number of rotatable bonds is 5. The fraction of sp³-hybridized carbons (Fsp3) is 0.111. The summed E-state index contributed by atoms with van der Waals surface area (Å²) in [6.07, 6.45) is 3.77. The molecule has 0 spiro atoms. The molecule has 0 atom stereocenters. The topological polar surface area (TPSA) is 42.3 Å². The first-order valence-electron chi connectivity index (χ1n) is 10.6. The highest BCUT2D eigenvalue weighted by atomic mass is 32.2. The number of hydrogen-bond acceptors (Lipinski definition) is 3. The molecule has 4 nitrogen and oxygen atoms in total. The summed E-state index contributed by atoms with van der Waals surface area (Å²) in [5.41, 5.74) is 4.63. The maximum atomic E-state index is 14.0. The van der Waals surface area contributed by atoms with E-state index >= 15 is 0 Å². The van der Waals surface area contributed by atoms with Crippen LogP contribution in [0.25, 0.3) is 17.0 Å². The Kier molecular flexibility index (Phi) is 5.60. The lowest BCUT2D eigenvalue weighted by atomic mass is 10.1. The molecule has 4 aromatic rings. The number of thioether (sulfide) groups is 1. The van der Waals surface area contributed by atoms with Gasteiger partial charge >= 0.3 is 0 Å². The molecular formula is C27H21FN2O2S. The molecule has 1 aliphatic rings. The summed E-state index contributed by atoms with van der Waals surface area (Å²) in [4.78, 5) is 27.0. The van der Waals surface area contributed by atoms with Crippen LogP contribution < -0.4 is 0 Å². The van der Waals surface area contributed by atoms with E-state index in [9.17, 15) is 14.0 Å². The van der Waals surface area contributed by atoms with Crippen molar-refractivity contribution in [3.63, 3.8) is 0 Å². The highest BCUT2D eigenvalue weighted by Gasteiger charge is 2.35.